The van der Waals surface area contributed by atoms with Crippen LogP contribution in [0.15, 0.2) is 53.2 Å². The zero-order valence-electron chi connectivity index (χ0n) is 13.8. The first kappa shape index (κ1) is 15.3. The summed E-state index contributed by atoms with van der Waals surface area (Å²) in [6.45, 7) is 1.71. The van der Waals surface area contributed by atoms with Gasteiger partial charge in [0.15, 0.2) is 0 Å². The molecule has 5 heteroatoms. The Hall–Kier alpha value is -3.26. The molecule has 0 spiro atoms. The Morgan fingerprint density at radius 1 is 1.28 bits per heavy atom. The summed E-state index contributed by atoms with van der Waals surface area (Å²) in [6.07, 6.45) is 5.39. The number of nitriles is 1. The third-order valence-corrected chi connectivity index (χ3v) is 4.68. The molecule has 0 fully saturated rings. The minimum atomic E-state index is -0.266. The number of aromatic nitrogens is 1. The average Bonchev–Trinajstić information content (AvgIpc) is 3.33. The van der Waals surface area contributed by atoms with Crippen molar-refractivity contribution in [2.24, 2.45) is 0 Å². The van der Waals surface area contributed by atoms with E-state index in [-0.39, 0.29) is 17.5 Å². The van der Waals surface area contributed by atoms with E-state index in [1.165, 1.54) is 5.56 Å². The summed E-state index contributed by atoms with van der Waals surface area (Å²) in [6, 6.07) is 13.9. The molecule has 1 atom stereocenters. The van der Waals surface area contributed by atoms with Gasteiger partial charge in [0.25, 0.3) is 5.91 Å². The Kier molecular flexibility index (Phi) is 3.66. The van der Waals surface area contributed by atoms with Crippen molar-refractivity contribution < 1.29 is 9.21 Å². The van der Waals surface area contributed by atoms with E-state index in [1.807, 2.05) is 30.3 Å². The molecular weight excluding hydrogens is 314 g/mol. The summed E-state index contributed by atoms with van der Waals surface area (Å²) >= 11 is 0. The van der Waals surface area contributed by atoms with Gasteiger partial charge < -0.3 is 9.73 Å². The summed E-state index contributed by atoms with van der Waals surface area (Å²) in [5.74, 6) is 0.559. The summed E-state index contributed by atoms with van der Waals surface area (Å²) in [4.78, 5) is 12.9. The summed E-state index contributed by atoms with van der Waals surface area (Å²) in [5, 5.41) is 12.6. The number of aryl methyl sites for hydroxylation is 2. The number of nitrogens with one attached hydrogen (secondary N) is 1. The highest BCUT2D eigenvalue weighted by atomic mass is 16.4. The molecule has 0 saturated heterocycles. The number of carbonyl (C=O) groups is 1. The highest BCUT2D eigenvalue weighted by Crippen LogP contribution is 2.32. The van der Waals surface area contributed by atoms with Crippen molar-refractivity contribution in [1.82, 2.24) is 9.88 Å². The molecule has 1 unspecified atom stereocenters. The van der Waals surface area contributed by atoms with E-state index in [9.17, 15) is 10.1 Å². The molecule has 1 amide bonds. The molecule has 124 valence electrons. The lowest BCUT2D eigenvalue weighted by Crippen LogP contribution is -2.28. The Labute approximate surface area is 145 Å². The van der Waals surface area contributed by atoms with E-state index in [4.69, 9.17) is 4.42 Å². The normalized spacial score (nSPS) is 15.6. The third-order valence-electron chi connectivity index (χ3n) is 4.68. The number of fused-ring (bicyclic) bond motifs is 1. The van der Waals surface area contributed by atoms with E-state index >= 15 is 0 Å². The molecule has 2 heterocycles. The molecule has 0 aliphatic heterocycles. The minimum absolute atomic E-state index is 0.0282. The van der Waals surface area contributed by atoms with Gasteiger partial charge in [-0.15, -0.1) is 0 Å². The smallest absolute Gasteiger partial charge is 0.256 e. The molecule has 0 bridgehead atoms. The number of hydrogen-bond donors (Lipinski definition) is 1. The molecule has 3 aromatic rings. The maximum atomic E-state index is 12.9. The predicted octanol–water partition coefficient (Wildman–Crippen LogP) is 3.67. The van der Waals surface area contributed by atoms with Crippen LogP contribution in [0.25, 0.3) is 5.88 Å². The second kappa shape index (κ2) is 5.99. The van der Waals surface area contributed by atoms with E-state index in [2.05, 4.69) is 17.5 Å². The van der Waals surface area contributed by atoms with Crippen molar-refractivity contribution in [3.8, 4) is 12.0 Å². The second-order valence-corrected chi connectivity index (χ2v) is 6.18. The summed E-state index contributed by atoms with van der Waals surface area (Å²) in [5.41, 5.74) is 3.00. The van der Waals surface area contributed by atoms with Gasteiger partial charge in [-0.05, 0) is 43.0 Å². The molecular formula is C20H17N3O2. The topological polar surface area (TPSA) is 71.0 Å². The van der Waals surface area contributed by atoms with Gasteiger partial charge >= 0.3 is 0 Å². The fourth-order valence-electron chi connectivity index (χ4n) is 3.50. The van der Waals surface area contributed by atoms with Crippen LogP contribution < -0.4 is 5.32 Å². The first-order valence-electron chi connectivity index (χ1n) is 8.24. The SMILES string of the molecule is Cc1oc(-n2cccc2)c(C#N)c1C(=O)NC1CCc2ccccc21. The molecule has 1 aliphatic rings. The fourth-order valence-corrected chi connectivity index (χ4v) is 3.50. The number of carbonyl (C=O) groups excluding carboxylic acids is 1. The van der Waals surface area contributed by atoms with Gasteiger partial charge in [0.1, 0.15) is 23.0 Å². The highest BCUT2D eigenvalue weighted by Gasteiger charge is 2.29. The van der Waals surface area contributed by atoms with Gasteiger partial charge in [0.2, 0.25) is 5.88 Å². The van der Waals surface area contributed by atoms with Gasteiger partial charge in [-0.2, -0.15) is 5.26 Å². The molecule has 25 heavy (non-hydrogen) atoms. The van der Waals surface area contributed by atoms with Crippen LogP contribution in [0.5, 0.6) is 0 Å². The standard InChI is InChI=1S/C20H17N3O2/c1-13-18(16(12-21)20(25-13)23-10-4-5-11-23)19(24)22-17-9-8-14-6-2-3-7-15(14)17/h2-7,10-11,17H,8-9H2,1H3,(H,22,24). The number of rotatable bonds is 3. The number of amides is 1. The number of hydrogen-bond acceptors (Lipinski definition) is 3. The van der Waals surface area contributed by atoms with E-state index in [0.29, 0.717) is 17.2 Å². The predicted molar refractivity (Wildman–Crippen MR) is 92.5 cm³/mol. The van der Waals surface area contributed by atoms with E-state index in [0.717, 1.165) is 18.4 Å². The molecule has 5 nitrogen and oxygen atoms in total. The lowest BCUT2D eigenvalue weighted by atomic mass is 10.1. The van der Waals surface area contributed by atoms with Crippen LogP contribution in [0.1, 0.15) is 45.3 Å². The fraction of sp³-hybridized carbons (Fsp3) is 0.200. The van der Waals surface area contributed by atoms with Crippen molar-refractivity contribution in [1.29, 1.82) is 5.26 Å². The van der Waals surface area contributed by atoms with Crippen molar-refractivity contribution in [2.75, 3.05) is 0 Å². The zero-order chi connectivity index (χ0) is 17.4. The summed E-state index contributed by atoms with van der Waals surface area (Å²) < 4.78 is 7.42. The molecule has 0 saturated carbocycles. The molecule has 1 aliphatic carbocycles. The van der Waals surface area contributed by atoms with Crippen molar-refractivity contribution in [3.05, 3.63) is 76.8 Å². The molecule has 2 aromatic heterocycles. The number of benzene rings is 1. The number of furan rings is 1. The third kappa shape index (κ3) is 2.52. The van der Waals surface area contributed by atoms with Gasteiger partial charge in [-0.1, -0.05) is 24.3 Å². The van der Waals surface area contributed by atoms with Gasteiger partial charge in [0, 0.05) is 12.4 Å². The van der Waals surface area contributed by atoms with E-state index < -0.39 is 0 Å². The van der Waals surface area contributed by atoms with E-state index in [1.54, 1.807) is 23.9 Å². The maximum absolute atomic E-state index is 12.9. The molecule has 0 radical (unpaired) electrons. The lowest BCUT2D eigenvalue weighted by molar-refractivity contribution is 0.0935. The summed E-state index contributed by atoms with van der Waals surface area (Å²) in [7, 11) is 0. The molecule has 1 aromatic carbocycles. The van der Waals surface area contributed by atoms with Crippen LogP contribution in [0.2, 0.25) is 0 Å². The zero-order valence-corrected chi connectivity index (χ0v) is 13.8. The van der Waals surface area contributed by atoms with Crippen LogP contribution >= 0.6 is 0 Å². The van der Waals surface area contributed by atoms with Crippen molar-refractivity contribution >= 4 is 5.91 Å². The van der Waals surface area contributed by atoms with Gasteiger partial charge in [0.05, 0.1) is 6.04 Å². The van der Waals surface area contributed by atoms with Crippen molar-refractivity contribution in [2.45, 2.75) is 25.8 Å². The van der Waals surface area contributed by atoms with Crippen LogP contribution in [0.4, 0.5) is 0 Å². The van der Waals surface area contributed by atoms with Crippen LogP contribution in [-0.2, 0) is 6.42 Å². The first-order chi connectivity index (χ1) is 12.2. The van der Waals surface area contributed by atoms with Gasteiger partial charge in [-0.3, -0.25) is 9.36 Å². The quantitative estimate of drug-likeness (QED) is 0.796. The Morgan fingerprint density at radius 2 is 2.04 bits per heavy atom. The monoisotopic (exact) mass is 331 g/mol. The highest BCUT2D eigenvalue weighted by molar-refractivity contribution is 5.98. The van der Waals surface area contributed by atoms with Crippen LogP contribution in [0, 0.1) is 18.3 Å². The number of nitrogens with zero attached hydrogens (tertiary/aromatic N) is 2. The molecule has 4 rings (SSSR count). The average molecular weight is 331 g/mol. The first-order valence-corrected chi connectivity index (χ1v) is 8.24. The second-order valence-electron chi connectivity index (χ2n) is 6.18. The minimum Gasteiger partial charge on any atom is -0.443 e. The van der Waals surface area contributed by atoms with Crippen LogP contribution in [-0.4, -0.2) is 10.5 Å². The lowest BCUT2D eigenvalue weighted by Gasteiger charge is -2.14. The molecule has 1 N–H and O–H groups in total. The van der Waals surface area contributed by atoms with Gasteiger partial charge in [-0.25, -0.2) is 0 Å². The Morgan fingerprint density at radius 3 is 2.80 bits per heavy atom. The van der Waals surface area contributed by atoms with Crippen molar-refractivity contribution in [3.63, 3.8) is 0 Å². The largest absolute Gasteiger partial charge is 0.443 e. The maximum Gasteiger partial charge on any atom is 0.256 e. The Balaban J connectivity index is 1.67. The van der Waals surface area contributed by atoms with Crippen LogP contribution in [0.3, 0.4) is 0 Å². The Bertz CT molecular complexity index is 977.